The van der Waals surface area contributed by atoms with Crippen molar-refractivity contribution >= 4 is 6.09 Å². The zero-order chi connectivity index (χ0) is 25.3. The molecule has 0 aliphatic heterocycles. The molecule has 186 valence electrons. The summed E-state index contributed by atoms with van der Waals surface area (Å²) in [6.45, 7) is 5.11. The van der Waals surface area contributed by atoms with Crippen LogP contribution in [0.25, 0.3) is 11.5 Å². The largest absolute Gasteiger partial charge is 0.497 e. The molecule has 1 heterocycles. The molecule has 0 fully saturated rings. The van der Waals surface area contributed by atoms with Crippen molar-refractivity contribution in [3.8, 4) is 28.7 Å². The molecule has 3 aromatic carbocycles. The highest BCUT2D eigenvalue weighted by Crippen LogP contribution is 2.24. The maximum absolute atomic E-state index is 12.8. The number of aryl methyl sites for hydroxylation is 1. The molecule has 0 unspecified atom stereocenters. The van der Waals surface area contributed by atoms with Gasteiger partial charge in [0.2, 0.25) is 5.89 Å². The third-order valence-corrected chi connectivity index (χ3v) is 5.75. The van der Waals surface area contributed by atoms with E-state index in [9.17, 15) is 4.79 Å². The Hall–Kier alpha value is -4.26. The number of carbonyl (C=O) groups is 1. The Morgan fingerprint density at radius 2 is 1.64 bits per heavy atom. The number of aromatic nitrogens is 1. The number of amides is 1. The molecular formula is C29H30N2O5. The monoisotopic (exact) mass is 486 g/mol. The molecule has 7 heteroatoms. The predicted molar refractivity (Wildman–Crippen MR) is 137 cm³/mol. The molecule has 0 saturated heterocycles. The molecule has 0 bridgehead atoms. The summed E-state index contributed by atoms with van der Waals surface area (Å²) >= 11 is 0. The maximum atomic E-state index is 12.8. The first-order valence-electron chi connectivity index (χ1n) is 11.9. The van der Waals surface area contributed by atoms with Crippen molar-refractivity contribution in [1.82, 2.24) is 9.88 Å². The van der Waals surface area contributed by atoms with Crippen LogP contribution in [0.3, 0.4) is 0 Å². The van der Waals surface area contributed by atoms with Gasteiger partial charge < -0.3 is 23.5 Å². The Morgan fingerprint density at radius 3 is 2.36 bits per heavy atom. The van der Waals surface area contributed by atoms with E-state index >= 15 is 0 Å². The third-order valence-electron chi connectivity index (χ3n) is 5.75. The summed E-state index contributed by atoms with van der Waals surface area (Å²) in [5.41, 5.74) is 2.71. The van der Waals surface area contributed by atoms with E-state index in [2.05, 4.69) is 4.98 Å². The normalized spacial score (nSPS) is 10.6. The lowest BCUT2D eigenvalue weighted by molar-refractivity contribution is 0.151. The van der Waals surface area contributed by atoms with Crippen LogP contribution in [0.2, 0.25) is 0 Å². The summed E-state index contributed by atoms with van der Waals surface area (Å²) in [6.07, 6.45) is 0.178. The summed E-state index contributed by atoms with van der Waals surface area (Å²) < 4.78 is 22.6. The van der Waals surface area contributed by atoms with Gasteiger partial charge in [0.15, 0.2) is 0 Å². The topological polar surface area (TPSA) is 74.0 Å². The van der Waals surface area contributed by atoms with E-state index in [-0.39, 0.29) is 0 Å². The predicted octanol–water partition coefficient (Wildman–Crippen LogP) is 6.30. The summed E-state index contributed by atoms with van der Waals surface area (Å²) in [5, 5.41) is 0. The molecule has 0 spiro atoms. The van der Waals surface area contributed by atoms with Crippen LogP contribution in [0.1, 0.15) is 23.9 Å². The smallest absolute Gasteiger partial charge is 0.415 e. The Balaban J connectivity index is 1.37. The quantitative estimate of drug-likeness (QED) is 0.262. The lowest BCUT2D eigenvalue weighted by atomic mass is 10.2. The van der Waals surface area contributed by atoms with Gasteiger partial charge >= 0.3 is 6.09 Å². The fraction of sp³-hybridized carbons (Fsp3) is 0.241. The third kappa shape index (κ3) is 6.24. The SMILES string of the molecule is CCN(Cc1ccccc1OCCc1nc(-c2ccccc2)oc1C)C(=O)Oc1ccc(OC)cc1. The molecule has 1 amide bonds. The summed E-state index contributed by atoms with van der Waals surface area (Å²) in [4.78, 5) is 19.1. The van der Waals surface area contributed by atoms with Crippen LogP contribution in [0, 0.1) is 6.92 Å². The van der Waals surface area contributed by atoms with E-state index in [0.29, 0.717) is 43.5 Å². The fourth-order valence-corrected chi connectivity index (χ4v) is 3.72. The second-order valence-corrected chi connectivity index (χ2v) is 8.15. The number of nitrogens with zero attached hydrogens (tertiary/aromatic N) is 2. The number of methoxy groups -OCH3 is 1. The maximum Gasteiger partial charge on any atom is 0.415 e. The highest BCUT2D eigenvalue weighted by atomic mass is 16.6. The summed E-state index contributed by atoms with van der Waals surface area (Å²) in [5.74, 6) is 3.27. The highest BCUT2D eigenvalue weighted by molar-refractivity contribution is 5.71. The lowest BCUT2D eigenvalue weighted by Crippen LogP contribution is -2.33. The zero-order valence-corrected chi connectivity index (χ0v) is 20.8. The van der Waals surface area contributed by atoms with Crippen LogP contribution >= 0.6 is 0 Å². The van der Waals surface area contributed by atoms with Gasteiger partial charge in [-0.05, 0) is 56.3 Å². The second-order valence-electron chi connectivity index (χ2n) is 8.15. The molecule has 0 N–H and O–H groups in total. The van der Waals surface area contributed by atoms with E-state index in [4.69, 9.17) is 18.6 Å². The van der Waals surface area contributed by atoms with E-state index in [1.807, 2.05) is 68.4 Å². The molecule has 0 aliphatic carbocycles. The molecule has 4 aromatic rings. The van der Waals surface area contributed by atoms with Gasteiger partial charge in [-0.2, -0.15) is 0 Å². The van der Waals surface area contributed by atoms with Gasteiger partial charge in [-0.25, -0.2) is 9.78 Å². The number of ether oxygens (including phenoxy) is 3. The average Bonchev–Trinajstić information content (AvgIpc) is 3.29. The van der Waals surface area contributed by atoms with E-state index in [1.54, 1.807) is 36.3 Å². The van der Waals surface area contributed by atoms with Crippen molar-refractivity contribution < 1.29 is 23.4 Å². The molecule has 0 radical (unpaired) electrons. The van der Waals surface area contributed by atoms with Crippen molar-refractivity contribution in [2.45, 2.75) is 26.8 Å². The van der Waals surface area contributed by atoms with Crippen molar-refractivity contribution in [3.05, 3.63) is 95.9 Å². The first-order valence-corrected chi connectivity index (χ1v) is 11.9. The summed E-state index contributed by atoms with van der Waals surface area (Å²) in [6, 6.07) is 24.4. The lowest BCUT2D eigenvalue weighted by Gasteiger charge is -2.22. The van der Waals surface area contributed by atoms with Crippen LogP contribution < -0.4 is 14.2 Å². The minimum Gasteiger partial charge on any atom is -0.497 e. The van der Waals surface area contributed by atoms with Gasteiger partial charge in [-0.15, -0.1) is 0 Å². The molecule has 7 nitrogen and oxygen atoms in total. The Kier molecular flexibility index (Phi) is 8.24. The number of rotatable bonds is 10. The van der Waals surface area contributed by atoms with E-state index in [0.717, 1.165) is 28.3 Å². The van der Waals surface area contributed by atoms with Crippen LogP contribution in [-0.4, -0.2) is 36.2 Å². The molecule has 0 aliphatic rings. The highest BCUT2D eigenvalue weighted by Gasteiger charge is 2.17. The Morgan fingerprint density at radius 1 is 0.944 bits per heavy atom. The minimum atomic E-state index is -0.427. The summed E-state index contributed by atoms with van der Waals surface area (Å²) in [7, 11) is 1.59. The van der Waals surface area contributed by atoms with Crippen LogP contribution in [0.15, 0.2) is 83.3 Å². The standard InChI is InChI=1S/C29H30N2O5/c1-4-31(29(32)36-25-16-14-24(33-3)15-17-25)20-23-12-8-9-13-27(23)34-19-18-26-21(2)35-28(30-26)22-10-6-5-7-11-22/h5-17H,4,18-20H2,1-3H3. The fourth-order valence-electron chi connectivity index (χ4n) is 3.72. The number of para-hydroxylation sites is 1. The number of benzene rings is 3. The van der Waals surface area contributed by atoms with Crippen molar-refractivity contribution in [1.29, 1.82) is 0 Å². The molecule has 1 aromatic heterocycles. The van der Waals surface area contributed by atoms with Crippen molar-refractivity contribution in [2.24, 2.45) is 0 Å². The first kappa shape index (κ1) is 24.9. The van der Waals surface area contributed by atoms with E-state index < -0.39 is 6.09 Å². The van der Waals surface area contributed by atoms with E-state index in [1.165, 1.54) is 0 Å². The van der Waals surface area contributed by atoms with Crippen molar-refractivity contribution in [2.75, 3.05) is 20.3 Å². The number of carbonyl (C=O) groups excluding carboxylic acids is 1. The van der Waals surface area contributed by atoms with Gasteiger partial charge in [0.1, 0.15) is 23.0 Å². The molecule has 0 atom stereocenters. The molecule has 36 heavy (non-hydrogen) atoms. The molecule has 4 rings (SSSR count). The second kappa shape index (κ2) is 11.9. The van der Waals surface area contributed by atoms with Gasteiger partial charge in [0.25, 0.3) is 0 Å². The number of hydrogen-bond acceptors (Lipinski definition) is 6. The van der Waals surface area contributed by atoms with Crippen molar-refractivity contribution in [3.63, 3.8) is 0 Å². The average molecular weight is 487 g/mol. The molecular weight excluding hydrogens is 456 g/mol. The van der Waals surface area contributed by atoms with Gasteiger partial charge in [-0.3, -0.25) is 0 Å². The van der Waals surface area contributed by atoms with Gasteiger partial charge in [0, 0.05) is 24.1 Å². The van der Waals surface area contributed by atoms with Gasteiger partial charge in [-0.1, -0.05) is 36.4 Å². The Labute approximate surface area is 211 Å². The number of hydrogen-bond donors (Lipinski definition) is 0. The van der Waals surface area contributed by atoms with Crippen LogP contribution in [-0.2, 0) is 13.0 Å². The first-order chi connectivity index (χ1) is 17.6. The molecule has 0 saturated carbocycles. The number of oxazole rings is 1. The van der Waals surface area contributed by atoms with Crippen LogP contribution in [0.4, 0.5) is 4.79 Å². The zero-order valence-electron chi connectivity index (χ0n) is 20.8. The minimum absolute atomic E-state index is 0.364. The van der Waals surface area contributed by atoms with Crippen LogP contribution in [0.5, 0.6) is 17.2 Å². The van der Waals surface area contributed by atoms with Gasteiger partial charge in [0.05, 0.1) is 26.0 Å². The Bertz CT molecular complexity index is 1270.